The third-order valence-corrected chi connectivity index (χ3v) is 5.30. The standard InChI is InChI=1S/C15H25NO3S/c1-6-11-16-20(17,18)15(4,5)13-7-9-14(10-8-13)19-12(2)3/h7-10,12,16H,6,11H2,1-5H3. The van der Waals surface area contributed by atoms with Crippen LogP contribution in [0.4, 0.5) is 0 Å². The van der Waals surface area contributed by atoms with Gasteiger partial charge in [-0.3, -0.25) is 0 Å². The Kier molecular flexibility index (Phi) is 5.59. The summed E-state index contributed by atoms with van der Waals surface area (Å²) in [7, 11) is -3.40. The number of hydrogen-bond donors (Lipinski definition) is 1. The second kappa shape index (κ2) is 6.59. The Balaban J connectivity index is 2.97. The Morgan fingerprint density at radius 3 is 2.20 bits per heavy atom. The van der Waals surface area contributed by atoms with Gasteiger partial charge in [0.05, 0.1) is 6.10 Å². The number of sulfonamides is 1. The van der Waals surface area contributed by atoms with Crippen molar-refractivity contribution in [3.8, 4) is 5.75 Å². The van der Waals surface area contributed by atoms with E-state index < -0.39 is 14.8 Å². The topological polar surface area (TPSA) is 55.4 Å². The van der Waals surface area contributed by atoms with Crippen LogP contribution in [0.15, 0.2) is 24.3 Å². The molecule has 0 heterocycles. The highest BCUT2D eigenvalue weighted by atomic mass is 32.2. The lowest BCUT2D eigenvalue weighted by Gasteiger charge is -2.26. The van der Waals surface area contributed by atoms with Gasteiger partial charge in [0.15, 0.2) is 0 Å². The summed E-state index contributed by atoms with van der Waals surface area (Å²) >= 11 is 0. The van der Waals surface area contributed by atoms with Crippen molar-refractivity contribution < 1.29 is 13.2 Å². The average molecular weight is 299 g/mol. The molecule has 4 nitrogen and oxygen atoms in total. The van der Waals surface area contributed by atoms with Crippen molar-refractivity contribution in [3.63, 3.8) is 0 Å². The third kappa shape index (κ3) is 3.96. The molecular formula is C15H25NO3S. The summed E-state index contributed by atoms with van der Waals surface area (Å²) in [6.07, 6.45) is 0.875. The first kappa shape index (κ1) is 17.0. The van der Waals surface area contributed by atoms with Gasteiger partial charge in [-0.2, -0.15) is 0 Å². The molecule has 114 valence electrons. The summed E-state index contributed by atoms with van der Waals surface area (Å²) in [5.74, 6) is 0.749. The van der Waals surface area contributed by atoms with Gasteiger partial charge >= 0.3 is 0 Å². The molecule has 0 radical (unpaired) electrons. The average Bonchev–Trinajstić information content (AvgIpc) is 2.36. The van der Waals surface area contributed by atoms with Gasteiger partial charge < -0.3 is 4.74 Å². The Labute approximate surface area is 122 Å². The molecule has 0 spiro atoms. The van der Waals surface area contributed by atoms with Gasteiger partial charge in [0.1, 0.15) is 10.5 Å². The van der Waals surface area contributed by atoms with Crippen LogP contribution in [0.5, 0.6) is 5.75 Å². The highest BCUT2D eigenvalue weighted by molar-refractivity contribution is 7.90. The minimum absolute atomic E-state index is 0.101. The summed E-state index contributed by atoms with van der Waals surface area (Å²) in [5, 5.41) is 0. The summed E-state index contributed by atoms with van der Waals surface area (Å²) < 4.78 is 31.9. The zero-order valence-electron chi connectivity index (χ0n) is 12.9. The maximum atomic E-state index is 12.3. The van der Waals surface area contributed by atoms with Crippen LogP contribution in [0.1, 0.15) is 46.6 Å². The zero-order valence-corrected chi connectivity index (χ0v) is 13.8. The van der Waals surface area contributed by atoms with Crippen LogP contribution in [0.25, 0.3) is 0 Å². The first-order chi connectivity index (χ1) is 9.20. The van der Waals surface area contributed by atoms with Gasteiger partial charge in [0, 0.05) is 6.54 Å². The molecule has 0 aromatic heterocycles. The molecule has 0 aliphatic carbocycles. The number of rotatable bonds is 7. The Morgan fingerprint density at radius 2 is 1.75 bits per heavy atom. The van der Waals surface area contributed by atoms with Crippen LogP contribution in [0.3, 0.4) is 0 Å². The van der Waals surface area contributed by atoms with E-state index in [0.29, 0.717) is 6.54 Å². The van der Waals surface area contributed by atoms with Crippen molar-refractivity contribution in [3.05, 3.63) is 29.8 Å². The van der Waals surface area contributed by atoms with Crippen molar-refractivity contribution in [1.29, 1.82) is 0 Å². The highest BCUT2D eigenvalue weighted by Crippen LogP contribution is 2.30. The molecule has 1 rings (SSSR count). The molecule has 0 atom stereocenters. The molecule has 1 N–H and O–H groups in total. The minimum atomic E-state index is -3.40. The lowest BCUT2D eigenvalue weighted by Crippen LogP contribution is -2.39. The predicted molar refractivity (Wildman–Crippen MR) is 82.4 cm³/mol. The molecule has 1 aromatic rings. The maximum Gasteiger partial charge on any atom is 0.221 e. The Morgan fingerprint density at radius 1 is 1.20 bits per heavy atom. The van der Waals surface area contributed by atoms with Crippen LogP contribution in [0, 0.1) is 0 Å². The Bertz CT molecular complexity index is 519. The van der Waals surface area contributed by atoms with Crippen molar-refractivity contribution in [2.75, 3.05) is 6.54 Å². The van der Waals surface area contributed by atoms with E-state index in [1.165, 1.54) is 0 Å². The molecule has 0 fully saturated rings. The zero-order chi connectivity index (χ0) is 15.4. The van der Waals surface area contributed by atoms with E-state index in [0.717, 1.165) is 17.7 Å². The second-order valence-electron chi connectivity index (χ2n) is 5.60. The quantitative estimate of drug-likeness (QED) is 0.842. The Hall–Kier alpha value is -1.07. The summed E-state index contributed by atoms with van der Waals surface area (Å²) in [6.45, 7) is 9.73. The van der Waals surface area contributed by atoms with Gasteiger partial charge in [0.2, 0.25) is 10.0 Å². The van der Waals surface area contributed by atoms with Gasteiger partial charge in [-0.1, -0.05) is 19.1 Å². The number of hydrogen-bond acceptors (Lipinski definition) is 3. The van der Waals surface area contributed by atoms with Gasteiger partial charge in [-0.25, -0.2) is 13.1 Å². The van der Waals surface area contributed by atoms with Crippen molar-refractivity contribution in [2.24, 2.45) is 0 Å². The SMILES string of the molecule is CCCNS(=O)(=O)C(C)(C)c1ccc(OC(C)C)cc1. The molecule has 0 saturated heterocycles. The molecule has 1 aromatic carbocycles. The van der Waals surface area contributed by atoms with E-state index in [1.54, 1.807) is 13.8 Å². The van der Waals surface area contributed by atoms with Crippen LogP contribution in [-0.4, -0.2) is 21.1 Å². The minimum Gasteiger partial charge on any atom is -0.491 e. The highest BCUT2D eigenvalue weighted by Gasteiger charge is 2.35. The van der Waals surface area contributed by atoms with E-state index in [1.807, 2.05) is 45.0 Å². The first-order valence-corrected chi connectivity index (χ1v) is 8.45. The largest absolute Gasteiger partial charge is 0.491 e. The third-order valence-electron chi connectivity index (χ3n) is 3.14. The molecule has 0 saturated carbocycles. The van der Waals surface area contributed by atoms with E-state index in [4.69, 9.17) is 4.74 Å². The van der Waals surface area contributed by atoms with E-state index in [2.05, 4.69) is 4.72 Å². The molecule has 5 heteroatoms. The second-order valence-corrected chi connectivity index (χ2v) is 7.92. The molecule has 0 aliphatic rings. The summed E-state index contributed by atoms with van der Waals surface area (Å²) in [4.78, 5) is 0. The summed E-state index contributed by atoms with van der Waals surface area (Å²) in [6, 6.07) is 7.24. The van der Waals surface area contributed by atoms with Crippen LogP contribution < -0.4 is 9.46 Å². The maximum absolute atomic E-state index is 12.3. The fraction of sp³-hybridized carbons (Fsp3) is 0.600. The lowest BCUT2D eigenvalue weighted by atomic mass is 10.0. The van der Waals surface area contributed by atoms with E-state index in [-0.39, 0.29) is 6.10 Å². The van der Waals surface area contributed by atoms with Crippen LogP contribution in [-0.2, 0) is 14.8 Å². The predicted octanol–water partition coefficient (Wildman–Crippen LogP) is 3.04. The fourth-order valence-corrected chi connectivity index (χ4v) is 3.06. The van der Waals surface area contributed by atoms with Gasteiger partial charge in [0.25, 0.3) is 0 Å². The van der Waals surface area contributed by atoms with Crippen LogP contribution in [0.2, 0.25) is 0 Å². The summed E-state index contributed by atoms with van der Waals surface area (Å²) in [5.41, 5.74) is 0.747. The number of nitrogens with one attached hydrogen (secondary N) is 1. The molecule has 0 amide bonds. The van der Waals surface area contributed by atoms with Gasteiger partial charge in [-0.05, 0) is 51.8 Å². The number of ether oxygens (including phenoxy) is 1. The normalized spacial score (nSPS) is 12.7. The monoisotopic (exact) mass is 299 g/mol. The molecular weight excluding hydrogens is 274 g/mol. The lowest BCUT2D eigenvalue weighted by molar-refractivity contribution is 0.242. The van der Waals surface area contributed by atoms with E-state index in [9.17, 15) is 8.42 Å². The fourth-order valence-electron chi connectivity index (χ4n) is 1.78. The van der Waals surface area contributed by atoms with Gasteiger partial charge in [-0.15, -0.1) is 0 Å². The van der Waals surface area contributed by atoms with Crippen molar-refractivity contribution in [2.45, 2.75) is 51.9 Å². The molecule has 20 heavy (non-hydrogen) atoms. The van der Waals surface area contributed by atoms with Crippen molar-refractivity contribution >= 4 is 10.0 Å². The number of benzene rings is 1. The van der Waals surface area contributed by atoms with Crippen LogP contribution >= 0.6 is 0 Å². The molecule has 0 bridgehead atoms. The van der Waals surface area contributed by atoms with E-state index >= 15 is 0 Å². The molecule has 0 unspecified atom stereocenters. The van der Waals surface area contributed by atoms with Crippen molar-refractivity contribution in [1.82, 2.24) is 4.72 Å². The first-order valence-electron chi connectivity index (χ1n) is 6.97. The smallest absolute Gasteiger partial charge is 0.221 e. The molecule has 0 aliphatic heterocycles.